The van der Waals surface area contributed by atoms with Gasteiger partial charge in [0.25, 0.3) is 5.91 Å². The van der Waals surface area contributed by atoms with Crippen molar-refractivity contribution in [3.8, 4) is 0 Å². The highest BCUT2D eigenvalue weighted by molar-refractivity contribution is 6.02. The van der Waals surface area contributed by atoms with Crippen molar-refractivity contribution in [2.24, 2.45) is 0 Å². The summed E-state index contributed by atoms with van der Waals surface area (Å²) < 4.78 is 39.5. The van der Waals surface area contributed by atoms with E-state index < -0.39 is 29.0 Å². The first-order valence-corrected chi connectivity index (χ1v) is 6.99. The highest BCUT2D eigenvalue weighted by Crippen LogP contribution is 2.20. The largest absolute Gasteiger partial charge is 0.356 e. The lowest BCUT2D eigenvalue weighted by atomic mass is 10.2. The lowest BCUT2D eigenvalue weighted by molar-refractivity contribution is 0.102. The van der Waals surface area contributed by atoms with Gasteiger partial charge in [0, 0.05) is 13.1 Å². The van der Waals surface area contributed by atoms with Crippen molar-refractivity contribution in [1.29, 1.82) is 0 Å². The number of benzene rings is 1. The molecule has 0 saturated heterocycles. The van der Waals surface area contributed by atoms with Crippen molar-refractivity contribution in [1.82, 2.24) is 9.97 Å². The molecular weight excluding hydrogens is 309 g/mol. The highest BCUT2D eigenvalue weighted by Gasteiger charge is 2.17. The van der Waals surface area contributed by atoms with E-state index in [0.29, 0.717) is 5.82 Å². The molecule has 1 heterocycles. The zero-order valence-electron chi connectivity index (χ0n) is 12.6. The number of aromatic nitrogens is 2. The van der Waals surface area contributed by atoms with Gasteiger partial charge in [0.05, 0.1) is 18.1 Å². The number of rotatable bonds is 5. The molecule has 122 valence electrons. The summed E-state index contributed by atoms with van der Waals surface area (Å²) in [5, 5.41) is 2.13. The highest BCUT2D eigenvalue weighted by atomic mass is 19.2. The first-order chi connectivity index (χ1) is 11.0. The van der Waals surface area contributed by atoms with Gasteiger partial charge in [-0.25, -0.2) is 23.1 Å². The van der Waals surface area contributed by atoms with Crippen molar-refractivity contribution in [3.63, 3.8) is 0 Å². The summed E-state index contributed by atoms with van der Waals surface area (Å²) in [6.07, 6.45) is 2.66. The zero-order valence-corrected chi connectivity index (χ0v) is 12.6. The molecule has 1 N–H and O–H groups in total. The Balaban J connectivity index is 2.17. The molecule has 8 heteroatoms. The Labute approximate surface area is 131 Å². The van der Waals surface area contributed by atoms with E-state index in [9.17, 15) is 18.0 Å². The summed E-state index contributed by atoms with van der Waals surface area (Å²) in [6.45, 7) is 5.38. The maximum atomic E-state index is 13.5. The molecular formula is C15H15F3N4O. The number of amides is 1. The third-order valence-electron chi connectivity index (χ3n) is 3.24. The fourth-order valence-electron chi connectivity index (χ4n) is 1.96. The molecule has 1 aromatic heterocycles. The number of halogens is 3. The normalized spacial score (nSPS) is 10.5. The van der Waals surface area contributed by atoms with Crippen molar-refractivity contribution in [3.05, 3.63) is 47.7 Å². The Bertz CT molecular complexity index is 703. The van der Waals surface area contributed by atoms with Crippen LogP contribution in [0.4, 0.5) is 24.7 Å². The van der Waals surface area contributed by atoms with E-state index in [0.717, 1.165) is 25.2 Å². The zero-order chi connectivity index (χ0) is 17.0. The Hall–Kier alpha value is -2.64. The number of carbonyl (C=O) groups excluding carboxylic acids is 1. The van der Waals surface area contributed by atoms with Crippen molar-refractivity contribution in [2.75, 3.05) is 23.3 Å². The molecule has 0 aliphatic carbocycles. The summed E-state index contributed by atoms with van der Waals surface area (Å²) >= 11 is 0. The molecule has 0 spiro atoms. The monoisotopic (exact) mass is 324 g/mol. The molecule has 1 amide bonds. The molecule has 23 heavy (non-hydrogen) atoms. The van der Waals surface area contributed by atoms with Crippen molar-refractivity contribution < 1.29 is 18.0 Å². The van der Waals surface area contributed by atoms with Crippen LogP contribution in [0.1, 0.15) is 24.3 Å². The average Bonchev–Trinajstić information content (AvgIpc) is 2.57. The topological polar surface area (TPSA) is 58.1 Å². The van der Waals surface area contributed by atoms with Crippen LogP contribution in [0, 0.1) is 17.5 Å². The molecule has 5 nitrogen and oxygen atoms in total. The average molecular weight is 324 g/mol. The van der Waals surface area contributed by atoms with Crippen LogP contribution in [0.15, 0.2) is 24.5 Å². The Morgan fingerprint density at radius 3 is 2.35 bits per heavy atom. The van der Waals surface area contributed by atoms with E-state index >= 15 is 0 Å². The van der Waals surface area contributed by atoms with Crippen LogP contribution >= 0.6 is 0 Å². The van der Waals surface area contributed by atoms with E-state index in [1.165, 1.54) is 12.4 Å². The van der Waals surface area contributed by atoms with Gasteiger partial charge in [-0.15, -0.1) is 0 Å². The number of nitrogens with one attached hydrogen (secondary N) is 1. The second kappa shape index (κ2) is 7.08. The van der Waals surface area contributed by atoms with Gasteiger partial charge in [-0.2, -0.15) is 0 Å². The van der Waals surface area contributed by atoms with Gasteiger partial charge in [-0.05, 0) is 26.0 Å². The van der Waals surface area contributed by atoms with Crippen molar-refractivity contribution >= 4 is 17.4 Å². The van der Waals surface area contributed by atoms with Gasteiger partial charge in [-0.1, -0.05) is 0 Å². The summed E-state index contributed by atoms with van der Waals surface area (Å²) in [5.74, 6) is -4.61. The van der Waals surface area contributed by atoms with Crippen LogP contribution in [0.3, 0.4) is 0 Å². The number of hydrogen-bond acceptors (Lipinski definition) is 4. The second-order valence-corrected chi connectivity index (χ2v) is 4.61. The minimum atomic E-state index is -1.65. The number of nitrogens with zero attached hydrogens (tertiary/aromatic N) is 3. The number of hydrogen-bond donors (Lipinski definition) is 1. The Morgan fingerprint density at radius 2 is 1.78 bits per heavy atom. The number of anilines is 2. The first kappa shape index (κ1) is 16.7. The number of carbonyl (C=O) groups is 1. The minimum absolute atomic E-state index is 0.0648. The van der Waals surface area contributed by atoms with Gasteiger partial charge < -0.3 is 10.2 Å². The molecule has 2 rings (SSSR count). The van der Waals surface area contributed by atoms with Crippen molar-refractivity contribution in [2.45, 2.75) is 13.8 Å². The van der Waals surface area contributed by atoms with Gasteiger partial charge in [0.15, 0.2) is 17.5 Å². The molecule has 1 aromatic carbocycles. The van der Waals surface area contributed by atoms with Crippen LogP contribution in [-0.4, -0.2) is 29.0 Å². The fraction of sp³-hybridized carbons (Fsp3) is 0.267. The maximum Gasteiger partial charge on any atom is 0.275 e. The molecule has 0 aliphatic heterocycles. The summed E-state index contributed by atoms with van der Waals surface area (Å²) in [5.41, 5.74) is -0.534. The van der Waals surface area contributed by atoms with Gasteiger partial charge in [0.1, 0.15) is 11.5 Å². The quantitative estimate of drug-likeness (QED) is 0.859. The van der Waals surface area contributed by atoms with Gasteiger partial charge >= 0.3 is 0 Å². The van der Waals surface area contributed by atoms with E-state index in [-0.39, 0.29) is 5.69 Å². The predicted octanol–water partition coefficient (Wildman–Crippen LogP) is 2.99. The van der Waals surface area contributed by atoms with E-state index in [4.69, 9.17) is 0 Å². The molecule has 0 radical (unpaired) electrons. The van der Waals surface area contributed by atoms with E-state index in [2.05, 4.69) is 15.3 Å². The summed E-state index contributed by atoms with van der Waals surface area (Å²) in [7, 11) is 0. The van der Waals surface area contributed by atoms with Gasteiger partial charge in [-0.3, -0.25) is 4.79 Å². The summed E-state index contributed by atoms with van der Waals surface area (Å²) in [6, 6.07) is 1.66. The third-order valence-corrected chi connectivity index (χ3v) is 3.24. The standard InChI is InChI=1S/C15H15F3N4O/c1-3-22(4-2)12-8-19-11(7-20-12)15(23)21-10-6-5-9(16)13(17)14(10)18/h5-8H,3-4H2,1-2H3,(H,21,23). The molecule has 0 saturated carbocycles. The van der Waals surface area contributed by atoms with Crippen LogP contribution in [0.2, 0.25) is 0 Å². The van der Waals surface area contributed by atoms with Crippen LogP contribution in [-0.2, 0) is 0 Å². The van der Waals surface area contributed by atoms with Gasteiger partial charge in [0.2, 0.25) is 0 Å². The van der Waals surface area contributed by atoms with E-state index in [1.807, 2.05) is 18.7 Å². The summed E-state index contributed by atoms with van der Waals surface area (Å²) in [4.78, 5) is 22.0. The Kier molecular flexibility index (Phi) is 5.15. The SMILES string of the molecule is CCN(CC)c1cnc(C(=O)Nc2ccc(F)c(F)c2F)cn1. The second-order valence-electron chi connectivity index (χ2n) is 4.61. The van der Waals surface area contributed by atoms with Crippen LogP contribution < -0.4 is 10.2 Å². The van der Waals surface area contributed by atoms with Crippen LogP contribution in [0.25, 0.3) is 0 Å². The smallest absolute Gasteiger partial charge is 0.275 e. The first-order valence-electron chi connectivity index (χ1n) is 6.99. The molecule has 0 atom stereocenters. The minimum Gasteiger partial charge on any atom is -0.356 e. The lowest BCUT2D eigenvalue weighted by Gasteiger charge is -2.18. The molecule has 0 fully saturated rings. The van der Waals surface area contributed by atoms with Crippen LogP contribution in [0.5, 0.6) is 0 Å². The lowest BCUT2D eigenvalue weighted by Crippen LogP contribution is -2.24. The molecule has 2 aromatic rings. The predicted molar refractivity (Wildman–Crippen MR) is 79.9 cm³/mol. The Morgan fingerprint density at radius 1 is 1.09 bits per heavy atom. The maximum absolute atomic E-state index is 13.5. The van der Waals surface area contributed by atoms with E-state index in [1.54, 1.807) is 0 Å². The molecule has 0 bridgehead atoms. The fourth-order valence-corrected chi connectivity index (χ4v) is 1.96. The molecule has 0 unspecified atom stereocenters. The third kappa shape index (κ3) is 3.58. The molecule has 0 aliphatic rings.